The number of ether oxygens (including phenoxy) is 1. The highest BCUT2D eigenvalue weighted by Crippen LogP contribution is 2.11. The van der Waals surface area contributed by atoms with E-state index in [2.05, 4.69) is 14.9 Å². The van der Waals surface area contributed by atoms with Crippen LogP contribution in [0.4, 0.5) is 0 Å². The number of carbonyl (C=O) groups excluding carboxylic acids is 1. The minimum atomic E-state index is -0.512. The molecule has 2 aromatic heterocycles. The van der Waals surface area contributed by atoms with Crippen molar-refractivity contribution < 1.29 is 9.53 Å². The van der Waals surface area contributed by atoms with Gasteiger partial charge in [-0.3, -0.25) is 14.1 Å². The number of aromatic nitrogens is 3. The van der Waals surface area contributed by atoms with E-state index in [9.17, 15) is 4.79 Å². The molecule has 2 aromatic rings. The van der Waals surface area contributed by atoms with Crippen molar-refractivity contribution in [1.29, 1.82) is 0 Å². The fraction of sp³-hybridized carbons (Fsp3) is 0.417. The van der Waals surface area contributed by atoms with Crippen LogP contribution >= 0.6 is 0 Å². The number of fused-ring (bicyclic) bond motifs is 1. The molecule has 3 rings (SSSR count). The number of nitrogens with two attached hydrogens (primary N) is 1. The summed E-state index contributed by atoms with van der Waals surface area (Å²) in [5.41, 5.74) is 7.12. The molecule has 0 aromatic carbocycles. The van der Waals surface area contributed by atoms with Crippen molar-refractivity contribution in [3.8, 4) is 0 Å². The predicted octanol–water partition coefficient (Wildman–Crippen LogP) is -0.340. The van der Waals surface area contributed by atoms with Crippen molar-refractivity contribution in [1.82, 2.24) is 19.3 Å². The molecule has 2 N–H and O–H groups in total. The zero-order valence-corrected chi connectivity index (χ0v) is 10.5. The highest BCUT2D eigenvalue weighted by atomic mass is 16.5. The summed E-state index contributed by atoms with van der Waals surface area (Å²) >= 11 is 0. The summed E-state index contributed by atoms with van der Waals surface area (Å²) in [6.07, 6.45) is 4.95. The van der Waals surface area contributed by atoms with E-state index in [-0.39, 0.29) is 0 Å². The Bertz CT molecular complexity index is 603. The van der Waals surface area contributed by atoms with Gasteiger partial charge in [0, 0.05) is 32.0 Å². The van der Waals surface area contributed by atoms with Gasteiger partial charge in [-0.05, 0) is 0 Å². The molecule has 1 amide bonds. The Balaban J connectivity index is 1.88. The second-order valence-corrected chi connectivity index (χ2v) is 4.52. The first kappa shape index (κ1) is 12.1. The lowest BCUT2D eigenvalue weighted by atomic mass is 10.3. The second-order valence-electron chi connectivity index (χ2n) is 4.52. The summed E-state index contributed by atoms with van der Waals surface area (Å²) < 4.78 is 7.04. The van der Waals surface area contributed by atoms with Gasteiger partial charge in [-0.15, -0.1) is 0 Å². The van der Waals surface area contributed by atoms with Gasteiger partial charge in [-0.25, -0.2) is 9.97 Å². The van der Waals surface area contributed by atoms with Crippen molar-refractivity contribution in [2.24, 2.45) is 5.73 Å². The first-order valence-electron chi connectivity index (χ1n) is 6.15. The Morgan fingerprint density at radius 1 is 1.42 bits per heavy atom. The molecule has 0 saturated carbocycles. The number of hydrogen-bond acceptors (Lipinski definition) is 5. The Labute approximate surface area is 110 Å². The van der Waals surface area contributed by atoms with Crippen molar-refractivity contribution >= 4 is 11.6 Å². The summed E-state index contributed by atoms with van der Waals surface area (Å²) in [5, 5.41) is 0. The highest BCUT2D eigenvalue weighted by Gasteiger charge is 2.15. The lowest BCUT2D eigenvalue weighted by Crippen LogP contribution is -2.35. The van der Waals surface area contributed by atoms with Crippen LogP contribution < -0.4 is 5.73 Å². The number of imidazole rings is 1. The molecule has 1 fully saturated rings. The molecular weight excluding hydrogens is 246 g/mol. The molecule has 7 nitrogen and oxygen atoms in total. The van der Waals surface area contributed by atoms with Crippen molar-refractivity contribution in [2.75, 3.05) is 26.3 Å². The minimum absolute atomic E-state index is 0.343. The van der Waals surface area contributed by atoms with Gasteiger partial charge in [0.1, 0.15) is 11.9 Å². The molecule has 0 atom stereocenters. The average molecular weight is 261 g/mol. The molecule has 19 heavy (non-hydrogen) atoms. The average Bonchev–Trinajstić information content (AvgIpc) is 2.81. The van der Waals surface area contributed by atoms with Crippen LogP contribution in [-0.2, 0) is 11.3 Å². The molecule has 7 heteroatoms. The summed E-state index contributed by atoms with van der Waals surface area (Å²) in [4.78, 5) is 22.0. The maximum absolute atomic E-state index is 11.3. The summed E-state index contributed by atoms with van der Waals surface area (Å²) in [6, 6.07) is 0. The minimum Gasteiger partial charge on any atom is -0.379 e. The number of carbonyl (C=O) groups is 1. The first-order chi connectivity index (χ1) is 9.24. The normalized spacial score (nSPS) is 16.8. The van der Waals surface area contributed by atoms with Gasteiger partial charge in [-0.1, -0.05) is 0 Å². The fourth-order valence-corrected chi connectivity index (χ4v) is 2.21. The third-order valence-corrected chi connectivity index (χ3v) is 3.17. The SMILES string of the molecule is NC(=O)c1cncn2cc(CN3CCOCC3)nc12. The number of rotatable bonds is 3. The van der Waals surface area contributed by atoms with Crippen LogP contribution in [0.2, 0.25) is 0 Å². The van der Waals surface area contributed by atoms with Gasteiger partial charge in [0.25, 0.3) is 5.91 Å². The van der Waals surface area contributed by atoms with Gasteiger partial charge in [0.05, 0.1) is 18.9 Å². The lowest BCUT2D eigenvalue weighted by molar-refractivity contribution is 0.0337. The third-order valence-electron chi connectivity index (χ3n) is 3.17. The fourth-order valence-electron chi connectivity index (χ4n) is 2.21. The quantitative estimate of drug-likeness (QED) is 0.817. The topological polar surface area (TPSA) is 85.8 Å². The molecule has 0 aliphatic carbocycles. The number of amides is 1. The molecule has 0 unspecified atom stereocenters. The van der Waals surface area contributed by atoms with E-state index in [4.69, 9.17) is 10.5 Å². The summed E-state index contributed by atoms with van der Waals surface area (Å²) in [7, 11) is 0. The van der Waals surface area contributed by atoms with Crippen molar-refractivity contribution in [3.05, 3.63) is 30.0 Å². The number of primary amides is 1. The third kappa shape index (κ3) is 2.42. The zero-order chi connectivity index (χ0) is 13.2. The monoisotopic (exact) mass is 261 g/mol. The van der Waals surface area contributed by atoms with Crippen LogP contribution in [0.25, 0.3) is 5.65 Å². The number of morpholine rings is 1. The second kappa shape index (κ2) is 4.94. The van der Waals surface area contributed by atoms with E-state index in [1.807, 2.05) is 6.20 Å². The van der Waals surface area contributed by atoms with Crippen LogP contribution in [0.15, 0.2) is 18.7 Å². The molecule has 100 valence electrons. The van der Waals surface area contributed by atoms with E-state index >= 15 is 0 Å². The number of nitrogens with zero attached hydrogens (tertiary/aromatic N) is 4. The number of hydrogen-bond donors (Lipinski definition) is 1. The van der Waals surface area contributed by atoms with Gasteiger partial charge < -0.3 is 10.5 Å². The zero-order valence-electron chi connectivity index (χ0n) is 10.5. The smallest absolute Gasteiger partial charge is 0.254 e. The first-order valence-corrected chi connectivity index (χ1v) is 6.15. The Morgan fingerprint density at radius 3 is 2.95 bits per heavy atom. The van der Waals surface area contributed by atoms with E-state index in [1.165, 1.54) is 6.20 Å². The van der Waals surface area contributed by atoms with Crippen molar-refractivity contribution in [3.63, 3.8) is 0 Å². The molecular formula is C12H15N5O2. The lowest BCUT2D eigenvalue weighted by Gasteiger charge is -2.25. The van der Waals surface area contributed by atoms with Crippen LogP contribution in [0, 0.1) is 0 Å². The Kier molecular flexibility index (Phi) is 3.14. The van der Waals surface area contributed by atoms with Gasteiger partial charge in [-0.2, -0.15) is 0 Å². The highest BCUT2D eigenvalue weighted by molar-refractivity contribution is 5.98. The van der Waals surface area contributed by atoms with Crippen LogP contribution in [0.1, 0.15) is 16.1 Å². The van der Waals surface area contributed by atoms with E-state index in [1.54, 1.807) is 10.7 Å². The molecule has 0 spiro atoms. The molecule has 0 bridgehead atoms. The van der Waals surface area contributed by atoms with Crippen molar-refractivity contribution in [2.45, 2.75) is 6.54 Å². The molecule has 1 saturated heterocycles. The molecule has 3 heterocycles. The van der Waals surface area contributed by atoms with E-state index < -0.39 is 5.91 Å². The predicted molar refractivity (Wildman–Crippen MR) is 67.6 cm³/mol. The van der Waals surface area contributed by atoms with Crippen LogP contribution in [-0.4, -0.2) is 51.5 Å². The maximum Gasteiger partial charge on any atom is 0.254 e. The summed E-state index contributed by atoms with van der Waals surface area (Å²) in [5.74, 6) is -0.512. The molecule has 0 radical (unpaired) electrons. The Morgan fingerprint density at radius 2 is 2.21 bits per heavy atom. The molecule has 1 aliphatic heterocycles. The molecule has 1 aliphatic rings. The van der Waals surface area contributed by atoms with Gasteiger partial charge in [0.15, 0.2) is 5.65 Å². The van der Waals surface area contributed by atoms with Crippen LogP contribution in [0.5, 0.6) is 0 Å². The maximum atomic E-state index is 11.3. The summed E-state index contributed by atoms with van der Waals surface area (Å²) in [6.45, 7) is 4.04. The van der Waals surface area contributed by atoms with Crippen LogP contribution in [0.3, 0.4) is 0 Å². The Hall–Kier alpha value is -1.99. The van der Waals surface area contributed by atoms with E-state index in [0.717, 1.165) is 38.5 Å². The van der Waals surface area contributed by atoms with Gasteiger partial charge >= 0.3 is 0 Å². The van der Waals surface area contributed by atoms with Gasteiger partial charge in [0.2, 0.25) is 0 Å². The largest absolute Gasteiger partial charge is 0.379 e. The standard InChI is InChI=1S/C12H15N5O2/c13-11(18)10-5-14-8-17-7-9(15-12(10)17)6-16-1-3-19-4-2-16/h5,7-8H,1-4,6H2,(H2,13,18). The van der Waals surface area contributed by atoms with E-state index in [0.29, 0.717) is 11.2 Å².